The third kappa shape index (κ3) is 2.68. The average molecular weight is 378 g/mol. The third-order valence-corrected chi connectivity index (χ3v) is 4.65. The number of amides is 3. The van der Waals surface area contributed by atoms with Crippen LogP contribution in [0.25, 0.3) is 0 Å². The predicted molar refractivity (Wildman–Crippen MR) is 100 cm³/mol. The van der Waals surface area contributed by atoms with E-state index in [4.69, 9.17) is 4.42 Å². The van der Waals surface area contributed by atoms with E-state index in [2.05, 4.69) is 5.32 Å². The van der Waals surface area contributed by atoms with Gasteiger partial charge in [-0.15, -0.1) is 0 Å². The summed E-state index contributed by atoms with van der Waals surface area (Å²) in [5.41, 5.74) is 1.67. The molecule has 2 heterocycles. The number of nitrogens with zero attached hydrogens (tertiary/aromatic N) is 1. The van der Waals surface area contributed by atoms with E-state index in [1.807, 2.05) is 0 Å². The van der Waals surface area contributed by atoms with Gasteiger partial charge in [0.2, 0.25) is 0 Å². The summed E-state index contributed by atoms with van der Waals surface area (Å²) in [6.07, 6.45) is 1.39. The van der Waals surface area contributed by atoms with Crippen LogP contribution < -0.4 is 10.2 Å². The predicted octanol–water partition coefficient (Wildman–Crippen LogP) is 4.09. The highest BCUT2D eigenvalue weighted by atomic mass is 19.1. The van der Waals surface area contributed by atoms with Crippen LogP contribution in [0, 0.1) is 19.7 Å². The molecule has 2 aromatic carbocycles. The van der Waals surface area contributed by atoms with E-state index in [0.29, 0.717) is 11.1 Å². The molecule has 0 radical (unpaired) electrons. The fourth-order valence-electron chi connectivity index (χ4n) is 3.16. The number of nitrogens with one attached hydrogen (secondary N) is 1. The van der Waals surface area contributed by atoms with Crippen LogP contribution in [0.3, 0.4) is 0 Å². The second-order valence-electron chi connectivity index (χ2n) is 6.50. The highest BCUT2D eigenvalue weighted by Crippen LogP contribution is 2.33. The van der Waals surface area contributed by atoms with Gasteiger partial charge in [0.05, 0.1) is 23.1 Å². The summed E-state index contributed by atoms with van der Waals surface area (Å²) in [6, 6.07) is 10.4. The topological polar surface area (TPSA) is 79.6 Å². The first kappa shape index (κ1) is 17.7. The number of hydrogen-bond donors (Lipinski definition) is 1. The Morgan fingerprint density at radius 1 is 1.00 bits per heavy atom. The molecule has 4 rings (SSSR count). The molecule has 0 atom stereocenters. The van der Waals surface area contributed by atoms with E-state index in [0.717, 1.165) is 11.0 Å². The minimum Gasteiger partial charge on any atom is -0.459 e. The van der Waals surface area contributed by atoms with Crippen molar-refractivity contribution in [3.05, 3.63) is 82.6 Å². The summed E-state index contributed by atoms with van der Waals surface area (Å²) in [4.78, 5) is 38.3. The lowest BCUT2D eigenvalue weighted by Gasteiger charge is -2.17. The lowest BCUT2D eigenvalue weighted by atomic mass is 10.1. The molecule has 28 heavy (non-hydrogen) atoms. The number of rotatable bonds is 3. The van der Waals surface area contributed by atoms with Crippen molar-refractivity contribution in [3.8, 4) is 0 Å². The highest BCUT2D eigenvalue weighted by molar-refractivity contribution is 6.34. The van der Waals surface area contributed by atoms with Crippen LogP contribution >= 0.6 is 0 Å². The number of imide groups is 1. The first-order valence-electron chi connectivity index (χ1n) is 8.52. The van der Waals surface area contributed by atoms with Crippen LogP contribution in [-0.4, -0.2) is 17.7 Å². The first-order chi connectivity index (χ1) is 13.4. The number of benzene rings is 2. The van der Waals surface area contributed by atoms with E-state index >= 15 is 0 Å². The molecule has 3 aromatic rings. The van der Waals surface area contributed by atoms with Crippen molar-refractivity contribution in [3.63, 3.8) is 0 Å². The molecule has 140 valence electrons. The van der Waals surface area contributed by atoms with Crippen LogP contribution in [-0.2, 0) is 0 Å². The molecule has 1 N–H and O–H groups in total. The second-order valence-corrected chi connectivity index (χ2v) is 6.50. The Morgan fingerprint density at radius 2 is 1.64 bits per heavy atom. The molecule has 0 bridgehead atoms. The number of carbonyl (C=O) groups is 3. The zero-order valence-electron chi connectivity index (χ0n) is 15.1. The molecule has 0 saturated heterocycles. The van der Waals surface area contributed by atoms with Crippen LogP contribution in [0.5, 0.6) is 0 Å². The van der Waals surface area contributed by atoms with E-state index in [1.54, 1.807) is 32.0 Å². The van der Waals surface area contributed by atoms with Gasteiger partial charge >= 0.3 is 0 Å². The van der Waals surface area contributed by atoms with E-state index in [-0.39, 0.29) is 28.3 Å². The number of aryl methyl sites for hydroxylation is 2. The van der Waals surface area contributed by atoms with Gasteiger partial charge in [-0.2, -0.15) is 0 Å². The SMILES string of the molecule is Cc1cc(N2C(=O)c3ccccc3C2=O)c(F)cc1NC(=O)c1occc1C. The Balaban J connectivity index is 1.67. The minimum atomic E-state index is -0.799. The number of fused-ring (bicyclic) bond motifs is 1. The van der Waals surface area contributed by atoms with Gasteiger partial charge in [0.25, 0.3) is 17.7 Å². The van der Waals surface area contributed by atoms with Gasteiger partial charge in [0.1, 0.15) is 5.82 Å². The monoisotopic (exact) mass is 378 g/mol. The normalized spacial score (nSPS) is 13.0. The maximum atomic E-state index is 14.8. The maximum absolute atomic E-state index is 14.8. The van der Waals surface area contributed by atoms with Crippen molar-refractivity contribution in [1.82, 2.24) is 0 Å². The standard InChI is InChI=1S/C21H15FN2O4/c1-11-7-8-28-18(11)19(25)23-16-10-15(22)17(9-12(16)2)24-20(26)13-5-3-4-6-14(13)21(24)27/h3-10H,1-2H3,(H,23,25). The molecular weight excluding hydrogens is 363 g/mol. The van der Waals surface area contributed by atoms with Crippen molar-refractivity contribution in [1.29, 1.82) is 0 Å². The summed E-state index contributed by atoms with van der Waals surface area (Å²) < 4.78 is 19.9. The largest absolute Gasteiger partial charge is 0.459 e. The van der Waals surface area contributed by atoms with Gasteiger partial charge in [-0.05, 0) is 49.7 Å². The molecule has 0 aliphatic carbocycles. The smallest absolute Gasteiger partial charge is 0.291 e. The molecule has 0 spiro atoms. The van der Waals surface area contributed by atoms with E-state index in [9.17, 15) is 18.8 Å². The van der Waals surface area contributed by atoms with Crippen LogP contribution in [0.2, 0.25) is 0 Å². The summed E-state index contributed by atoms with van der Waals surface area (Å²) in [5.74, 6) is -2.35. The third-order valence-electron chi connectivity index (χ3n) is 4.65. The number of halogens is 1. The molecule has 1 aromatic heterocycles. The fraction of sp³-hybridized carbons (Fsp3) is 0.0952. The molecule has 1 aliphatic heterocycles. The van der Waals surface area contributed by atoms with Crippen molar-refractivity contribution >= 4 is 29.1 Å². The summed E-state index contributed by atoms with van der Waals surface area (Å²) in [7, 11) is 0. The van der Waals surface area contributed by atoms with E-state index < -0.39 is 23.5 Å². The van der Waals surface area contributed by atoms with Crippen molar-refractivity contribution in [2.45, 2.75) is 13.8 Å². The molecule has 3 amide bonds. The van der Waals surface area contributed by atoms with Crippen molar-refractivity contribution in [2.24, 2.45) is 0 Å². The summed E-state index contributed by atoms with van der Waals surface area (Å²) >= 11 is 0. The molecule has 0 fully saturated rings. The fourth-order valence-corrected chi connectivity index (χ4v) is 3.16. The Kier molecular flexibility index (Phi) is 4.07. The van der Waals surface area contributed by atoms with Gasteiger partial charge < -0.3 is 9.73 Å². The summed E-state index contributed by atoms with van der Waals surface area (Å²) in [5, 5.41) is 2.59. The Bertz CT molecular complexity index is 1110. The average Bonchev–Trinajstić information content (AvgIpc) is 3.20. The van der Waals surface area contributed by atoms with Gasteiger partial charge in [0.15, 0.2) is 5.76 Å². The molecule has 0 saturated carbocycles. The Morgan fingerprint density at radius 3 is 2.21 bits per heavy atom. The first-order valence-corrected chi connectivity index (χ1v) is 8.52. The van der Waals surface area contributed by atoms with Crippen LogP contribution in [0.4, 0.5) is 15.8 Å². The van der Waals surface area contributed by atoms with Crippen LogP contribution in [0.15, 0.2) is 53.1 Å². The Hall–Kier alpha value is -3.74. The van der Waals surface area contributed by atoms with Crippen LogP contribution in [0.1, 0.15) is 42.4 Å². The van der Waals surface area contributed by atoms with E-state index in [1.165, 1.54) is 24.5 Å². The lowest BCUT2D eigenvalue weighted by Crippen LogP contribution is -2.30. The lowest BCUT2D eigenvalue weighted by molar-refractivity contribution is 0.0923. The minimum absolute atomic E-state index is 0.129. The molecule has 1 aliphatic rings. The summed E-state index contributed by atoms with van der Waals surface area (Å²) in [6.45, 7) is 3.36. The van der Waals surface area contributed by atoms with Gasteiger partial charge in [-0.1, -0.05) is 12.1 Å². The van der Waals surface area contributed by atoms with Gasteiger partial charge in [-0.3, -0.25) is 14.4 Å². The van der Waals surface area contributed by atoms with Crippen molar-refractivity contribution in [2.75, 3.05) is 10.2 Å². The zero-order valence-corrected chi connectivity index (χ0v) is 15.1. The highest BCUT2D eigenvalue weighted by Gasteiger charge is 2.37. The Labute approximate surface area is 159 Å². The molecular formula is C21H15FN2O4. The number of anilines is 2. The molecule has 6 nitrogen and oxygen atoms in total. The van der Waals surface area contributed by atoms with Crippen molar-refractivity contribution < 1.29 is 23.2 Å². The van der Waals surface area contributed by atoms with Gasteiger partial charge in [0, 0.05) is 11.3 Å². The quantitative estimate of drug-likeness (QED) is 0.696. The zero-order chi connectivity index (χ0) is 20.0. The molecule has 0 unspecified atom stereocenters. The number of hydrogen-bond acceptors (Lipinski definition) is 4. The molecule has 7 heteroatoms. The maximum Gasteiger partial charge on any atom is 0.291 e. The number of carbonyl (C=O) groups excluding carboxylic acids is 3. The number of furan rings is 1. The van der Waals surface area contributed by atoms with Gasteiger partial charge in [-0.25, -0.2) is 9.29 Å². The second kappa shape index (κ2) is 6.45.